The molecule has 3 N–H and O–H groups in total. The highest BCUT2D eigenvalue weighted by molar-refractivity contribution is 5.99. The molecule has 0 aromatic heterocycles. The highest BCUT2D eigenvalue weighted by atomic mass is 16.3. The van der Waals surface area contributed by atoms with Crippen molar-refractivity contribution in [1.29, 1.82) is 0 Å². The Morgan fingerprint density at radius 2 is 1.76 bits per heavy atom. The normalized spacial score (nSPS) is 23.2. The van der Waals surface area contributed by atoms with Gasteiger partial charge in [0, 0.05) is 18.5 Å². The monoisotopic (exact) mass is 344 g/mol. The average molecular weight is 344 g/mol. The summed E-state index contributed by atoms with van der Waals surface area (Å²) in [5, 5.41) is 13.9. The Hall–Kier alpha value is -2.21. The summed E-state index contributed by atoms with van der Waals surface area (Å²) in [6.45, 7) is 0.737. The van der Waals surface area contributed by atoms with Crippen molar-refractivity contribution in [2.45, 2.75) is 63.5 Å². The van der Waals surface area contributed by atoms with Crippen molar-refractivity contribution in [1.82, 2.24) is 10.6 Å². The highest BCUT2D eigenvalue weighted by Crippen LogP contribution is 2.37. The molecule has 6 nitrogen and oxygen atoms in total. The zero-order valence-electron chi connectivity index (χ0n) is 14.2. The molecule has 1 atom stereocenters. The molecule has 4 rings (SSSR count). The molecule has 134 valence electrons. The van der Waals surface area contributed by atoms with Crippen molar-refractivity contribution in [3.8, 4) is 0 Å². The standard InChI is InChI=1S/C13H15NO.C6H9NO3/c15-13-11-7-3-6-10(12(11)8-14-13)9-4-1-2-5-9;8-4-2-1-3-5(9)7-6(4)10/h3,6-7,9H,1-2,4-5,8H2,(H,14,15);4,8H,1-3H2,(H,7,9,10). The Bertz CT molecular complexity index is 680. The fourth-order valence-corrected chi connectivity index (χ4v) is 3.77. The number of nitrogens with one attached hydrogen (secondary N) is 2. The van der Waals surface area contributed by atoms with Crippen LogP contribution in [0.5, 0.6) is 0 Å². The first kappa shape index (κ1) is 17.6. The van der Waals surface area contributed by atoms with Gasteiger partial charge in [-0.3, -0.25) is 19.7 Å². The van der Waals surface area contributed by atoms with Gasteiger partial charge in [-0.25, -0.2) is 0 Å². The topological polar surface area (TPSA) is 95.5 Å². The zero-order chi connectivity index (χ0) is 17.8. The van der Waals surface area contributed by atoms with Crippen LogP contribution in [0, 0.1) is 0 Å². The molecule has 1 saturated heterocycles. The molecule has 0 bridgehead atoms. The van der Waals surface area contributed by atoms with Crippen LogP contribution < -0.4 is 10.6 Å². The second-order valence-electron chi connectivity index (χ2n) is 6.86. The van der Waals surface area contributed by atoms with E-state index in [2.05, 4.69) is 16.7 Å². The van der Waals surface area contributed by atoms with Crippen molar-refractivity contribution in [2.75, 3.05) is 0 Å². The second-order valence-corrected chi connectivity index (χ2v) is 6.86. The fourth-order valence-electron chi connectivity index (χ4n) is 3.77. The van der Waals surface area contributed by atoms with E-state index >= 15 is 0 Å². The number of fused-ring (bicyclic) bond motifs is 1. The van der Waals surface area contributed by atoms with Crippen molar-refractivity contribution in [3.63, 3.8) is 0 Å². The minimum atomic E-state index is -0.994. The first-order valence-electron chi connectivity index (χ1n) is 8.98. The summed E-state index contributed by atoms with van der Waals surface area (Å²) in [6, 6.07) is 6.17. The van der Waals surface area contributed by atoms with Crippen LogP contribution in [0.3, 0.4) is 0 Å². The molecular weight excluding hydrogens is 320 g/mol. The SMILES string of the molecule is O=C1CCCC(O)C(=O)N1.O=C1NCc2c1cccc2C1CCCC1. The van der Waals surface area contributed by atoms with E-state index in [9.17, 15) is 14.4 Å². The molecule has 2 aliphatic heterocycles. The van der Waals surface area contributed by atoms with Crippen LogP contribution in [-0.4, -0.2) is 28.9 Å². The second kappa shape index (κ2) is 7.78. The van der Waals surface area contributed by atoms with E-state index < -0.39 is 12.0 Å². The van der Waals surface area contributed by atoms with Crippen LogP contribution in [-0.2, 0) is 16.1 Å². The van der Waals surface area contributed by atoms with Crippen molar-refractivity contribution < 1.29 is 19.5 Å². The first-order valence-corrected chi connectivity index (χ1v) is 8.98. The minimum absolute atomic E-state index is 0.102. The van der Waals surface area contributed by atoms with Crippen LogP contribution >= 0.6 is 0 Å². The molecule has 2 heterocycles. The summed E-state index contributed by atoms with van der Waals surface area (Å²) in [5.41, 5.74) is 3.58. The van der Waals surface area contributed by atoms with Crippen molar-refractivity contribution in [3.05, 3.63) is 34.9 Å². The Balaban J connectivity index is 0.000000160. The van der Waals surface area contributed by atoms with E-state index in [4.69, 9.17) is 5.11 Å². The van der Waals surface area contributed by atoms with Gasteiger partial charge in [0.25, 0.3) is 11.8 Å². The molecule has 1 aromatic carbocycles. The van der Waals surface area contributed by atoms with Crippen LogP contribution in [0.15, 0.2) is 18.2 Å². The van der Waals surface area contributed by atoms with E-state index in [0.717, 1.165) is 12.1 Å². The maximum atomic E-state index is 11.5. The Morgan fingerprint density at radius 1 is 1.00 bits per heavy atom. The van der Waals surface area contributed by atoms with Gasteiger partial charge < -0.3 is 10.4 Å². The zero-order valence-corrected chi connectivity index (χ0v) is 14.2. The van der Waals surface area contributed by atoms with Gasteiger partial charge >= 0.3 is 0 Å². The number of aliphatic hydroxyl groups excluding tert-OH is 1. The van der Waals surface area contributed by atoms with Gasteiger partial charge in [-0.15, -0.1) is 0 Å². The molecule has 0 spiro atoms. The predicted octanol–water partition coefficient (Wildman–Crippen LogP) is 1.76. The van der Waals surface area contributed by atoms with E-state index in [1.807, 2.05) is 12.1 Å². The molecule has 1 saturated carbocycles. The summed E-state index contributed by atoms with van der Waals surface area (Å²) in [4.78, 5) is 32.8. The number of carbonyl (C=O) groups excluding carboxylic acids is 3. The lowest BCUT2D eigenvalue weighted by atomic mass is 9.91. The number of hydrogen-bond acceptors (Lipinski definition) is 4. The average Bonchev–Trinajstić information content (AvgIpc) is 3.22. The quantitative estimate of drug-likeness (QED) is 0.677. The van der Waals surface area contributed by atoms with Gasteiger partial charge in [-0.05, 0) is 48.8 Å². The summed E-state index contributed by atoms with van der Waals surface area (Å²) < 4.78 is 0. The van der Waals surface area contributed by atoms with E-state index in [0.29, 0.717) is 25.2 Å². The van der Waals surface area contributed by atoms with E-state index in [1.165, 1.54) is 36.8 Å². The molecule has 6 heteroatoms. The fraction of sp³-hybridized carbons (Fsp3) is 0.526. The smallest absolute Gasteiger partial charge is 0.255 e. The molecule has 3 aliphatic rings. The van der Waals surface area contributed by atoms with Gasteiger partial charge in [-0.1, -0.05) is 25.0 Å². The van der Waals surface area contributed by atoms with Crippen LogP contribution in [0.2, 0.25) is 0 Å². The lowest BCUT2D eigenvalue weighted by Crippen LogP contribution is -2.35. The third kappa shape index (κ3) is 4.07. The van der Waals surface area contributed by atoms with Gasteiger partial charge in [0.1, 0.15) is 6.10 Å². The molecule has 0 radical (unpaired) electrons. The lowest BCUT2D eigenvalue weighted by Gasteiger charge is -2.13. The minimum Gasteiger partial charge on any atom is -0.383 e. The van der Waals surface area contributed by atoms with Crippen LogP contribution in [0.4, 0.5) is 0 Å². The summed E-state index contributed by atoms with van der Waals surface area (Å²) in [7, 11) is 0. The molecule has 1 aliphatic carbocycles. The number of aliphatic hydroxyl groups is 1. The Labute approximate surface area is 147 Å². The maximum Gasteiger partial charge on any atom is 0.255 e. The van der Waals surface area contributed by atoms with Gasteiger partial charge in [0.05, 0.1) is 0 Å². The first-order chi connectivity index (χ1) is 12.1. The third-order valence-electron chi connectivity index (χ3n) is 5.12. The summed E-state index contributed by atoms with van der Waals surface area (Å²) in [5.74, 6) is -0.0541. The van der Waals surface area contributed by atoms with Gasteiger partial charge in [0.15, 0.2) is 0 Å². The highest BCUT2D eigenvalue weighted by Gasteiger charge is 2.26. The number of carbonyl (C=O) groups is 3. The van der Waals surface area contributed by atoms with Gasteiger partial charge in [0.2, 0.25) is 5.91 Å². The van der Waals surface area contributed by atoms with Crippen molar-refractivity contribution in [2.24, 2.45) is 0 Å². The maximum absolute atomic E-state index is 11.5. The van der Waals surface area contributed by atoms with Crippen LogP contribution in [0.1, 0.15) is 72.3 Å². The summed E-state index contributed by atoms with van der Waals surface area (Å²) >= 11 is 0. The Morgan fingerprint density at radius 3 is 2.52 bits per heavy atom. The van der Waals surface area contributed by atoms with E-state index in [-0.39, 0.29) is 11.8 Å². The molecule has 1 aromatic rings. The molecule has 25 heavy (non-hydrogen) atoms. The molecular formula is C19H24N2O4. The largest absolute Gasteiger partial charge is 0.383 e. The summed E-state index contributed by atoms with van der Waals surface area (Å²) in [6.07, 6.45) is 5.59. The molecule has 1 unspecified atom stereocenters. The number of imide groups is 1. The Kier molecular flexibility index (Phi) is 5.48. The third-order valence-corrected chi connectivity index (χ3v) is 5.12. The lowest BCUT2D eigenvalue weighted by molar-refractivity contribution is -0.134. The van der Waals surface area contributed by atoms with Crippen LogP contribution in [0.25, 0.3) is 0 Å². The number of benzene rings is 1. The molecule has 3 amide bonds. The number of hydrogen-bond donors (Lipinski definition) is 3. The van der Waals surface area contributed by atoms with Crippen molar-refractivity contribution >= 4 is 17.7 Å². The number of rotatable bonds is 1. The van der Waals surface area contributed by atoms with Gasteiger partial charge in [-0.2, -0.15) is 0 Å². The molecule has 2 fully saturated rings. The number of amides is 3. The predicted molar refractivity (Wildman–Crippen MR) is 91.8 cm³/mol. The van der Waals surface area contributed by atoms with E-state index in [1.54, 1.807) is 0 Å².